The van der Waals surface area contributed by atoms with E-state index in [4.69, 9.17) is 10.5 Å². The van der Waals surface area contributed by atoms with E-state index in [9.17, 15) is 32.9 Å². The van der Waals surface area contributed by atoms with Crippen LogP contribution in [0, 0.1) is 17.3 Å². The molecule has 1 saturated carbocycles. The average molecular weight is 499 g/mol. The smallest absolute Gasteiger partial charge is 0.390 e. The number of hydrogen-bond acceptors (Lipinski definition) is 8. The molecule has 3 heterocycles. The molecule has 3 saturated heterocycles. The van der Waals surface area contributed by atoms with Gasteiger partial charge in [-0.3, -0.25) is 15.5 Å². The maximum Gasteiger partial charge on any atom is 0.394 e. The van der Waals surface area contributed by atoms with Crippen molar-refractivity contribution < 1.29 is 37.6 Å². The number of aliphatic hydroxyl groups excluding tert-OH is 2. The molecule has 0 bridgehead atoms. The highest BCUT2D eigenvalue weighted by Gasteiger charge is 2.62. The van der Waals surface area contributed by atoms with Gasteiger partial charge in [-0.25, -0.2) is 4.39 Å². The molecule has 4 rings (SSSR count). The molecular formula is C22H38F4N4O4. The van der Waals surface area contributed by atoms with Crippen molar-refractivity contribution in [3.63, 3.8) is 0 Å². The quantitative estimate of drug-likeness (QED) is 0.307. The topological polar surface area (TPSA) is 123 Å². The number of aliphatic hydroxyl groups is 3. The monoisotopic (exact) mass is 498 g/mol. The number of likely N-dealkylation sites (tertiary alicyclic amines) is 1. The van der Waals surface area contributed by atoms with Gasteiger partial charge in [-0.2, -0.15) is 13.2 Å². The van der Waals surface area contributed by atoms with Crippen molar-refractivity contribution in [1.82, 2.24) is 15.5 Å². The lowest BCUT2D eigenvalue weighted by Gasteiger charge is -2.48. The van der Waals surface area contributed by atoms with E-state index < -0.39 is 60.7 Å². The third kappa shape index (κ3) is 4.27. The van der Waals surface area contributed by atoms with Gasteiger partial charge in [0.1, 0.15) is 30.2 Å². The fourth-order valence-corrected chi connectivity index (χ4v) is 6.77. The second-order valence-electron chi connectivity index (χ2n) is 10.8. The van der Waals surface area contributed by atoms with Crippen LogP contribution in [0.3, 0.4) is 0 Å². The van der Waals surface area contributed by atoms with Crippen LogP contribution < -0.4 is 16.4 Å². The molecule has 7 N–H and O–H groups in total. The molecule has 3 aliphatic heterocycles. The summed E-state index contributed by atoms with van der Waals surface area (Å²) >= 11 is 0. The van der Waals surface area contributed by atoms with Crippen molar-refractivity contribution in [3.8, 4) is 0 Å². The van der Waals surface area contributed by atoms with Crippen molar-refractivity contribution >= 4 is 0 Å². The van der Waals surface area contributed by atoms with Crippen LogP contribution in [0.4, 0.5) is 17.6 Å². The van der Waals surface area contributed by atoms with Crippen molar-refractivity contribution in [2.75, 3.05) is 13.2 Å². The Morgan fingerprint density at radius 3 is 2.62 bits per heavy atom. The molecule has 0 aromatic heterocycles. The Labute approximate surface area is 197 Å². The van der Waals surface area contributed by atoms with Crippen LogP contribution in [0.25, 0.3) is 0 Å². The third-order valence-corrected chi connectivity index (χ3v) is 8.74. The van der Waals surface area contributed by atoms with Gasteiger partial charge in [0, 0.05) is 18.6 Å². The second kappa shape index (κ2) is 9.37. The molecule has 0 spiro atoms. The van der Waals surface area contributed by atoms with E-state index in [2.05, 4.69) is 17.6 Å². The summed E-state index contributed by atoms with van der Waals surface area (Å²) in [5.74, 6) is -3.08. The summed E-state index contributed by atoms with van der Waals surface area (Å²) in [5.41, 5.74) is 4.20. The summed E-state index contributed by atoms with van der Waals surface area (Å²) in [5, 5.41) is 39.8. The van der Waals surface area contributed by atoms with Crippen LogP contribution in [-0.4, -0.2) is 88.3 Å². The Hall–Kier alpha value is -0.600. The number of nitrogens with two attached hydrogens (primary N) is 1. The van der Waals surface area contributed by atoms with Gasteiger partial charge < -0.3 is 25.8 Å². The molecule has 11 atom stereocenters. The number of ether oxygens (including phenoxy) is 1. The zero-order valence-electron chi connectivity index (χ0n) is 19.6. The Balaban J connectivity index is 1.53. The second-order valence-corrected chi connectivity index (χ2v) is 10.8. The first-order valence-electron chi connectivity index (χ1n) is 12.3. The number of halogens is 4. The Bertz CT molecular complexity index is 732. The van der Waals surface area contributed by atoms with Crippen LogP contribution in [0.1, 0.15) is 52.4 Å². The van der Waals surface area contributed by atoms with Crippen LogP contribution in [0.15, 0.2) is 0 Å². The molecule has 4 fully saturated rings. The summed E-state index contributed by atoms with van der Waals surface area (Å²) in [6.07, 6.45) is -10.9. The molecular weight excluding hydrogens is 460 g/mol. The number of alkyl halides is 4. The first-order valence-corrected chi connectivity index (χ1v) is 12.3. The molecule has 4 aliphatic rings. The number of hydrogen-bond donors (Lipinski definition) is 6. The molecule has 0 aromatic rings. The number of rotatable bonds is 5. The Morgan fingerprint density at radius 2 is 1.97 bits per heavy atom. The lowest BCUT2D eigenvalue weighted by atomic mass is 9.74. The predicted octanol–water partition coefficient (Wildman–Crippen LogP) is 0.754. The Kier molecular flexibility index (Phi) is 7.29. The van der Waals surface area contributed by atoms with Crippen molar-refractivity contribution in [2.24, 2.45) is 23.0 Å². The fourth-order valence-electron chi connectivity index (χ4n) is 6.77. The van der Waals surface area contributed by atoms with Crippen molar-refractivity contribution in [2.45, 2.75) is 107 Å². The molecule has 34 heavy (non-hydrogen) atoms. The minimum atomic E-state index is -4.71. The van der Waals surface area contributed by atoms with Crippen LogP contribution >= 0.6 is 0 Å². The molecule has 12 heteroatoms. The molecule has 0 radical (unpaired) electrons. The van der Waals surface area contributed by atoms with Crippen LogP contribution in [0.5, 0.6) is 0 Å². The van der Waals surface area contributed by atoms with Crippen LogP contribution in [0.2, 0.25) is 0 Å². The van der Waals surface area contributed by atoms with E-state index in [1.807, 2.05) is 4.90 Å². The fraction of sp³-hybridized carbons (Fsp3) is 1.00. The van der Waals surface area contributed by atoms with Gasteiger partial charge in [0.15, 0.2) is 0 Å². The van der Waals surface area contributed by atoms with Gasteiger partial charge >= 0.3 is 6.18 Å². The zero-order valence-corrected chi connectivity index (χ0v) is 19.6. The van der Waals surface area contributed by atoms with E-state index in [0.717, 1.165) is 19.3 Å². The van der Waals surface area contributed by atoms with Crippen molar-refractivity contribution in [3.05, 3.63) is 0 Å². The molecule has 6 unspecified atom stereocenters. The predicted molar refractivity (Wildman–Crippen MR) is 115 cm³/mol. The lowest BCUT2D eigenvalue weighted by molar-refractivity contribution is -0.212. The number of nitrogens with zero attached hydrogens (tertiary/aromatic N) is 1. The van der Waals surface area contributed by atoms with Crippen molar-refractivity contribution in [1.29, 1.82) is 0 Å². The largest absolute Gasteiger partial charge is 0.394 e. The van der Waals surface area contributed by atoms with Crippen LogP contribution in [-0.2, 0) is 4.74 Å². The molecule has 1 aliphatic carbocycles. The summed E-state index contributed by atoms with van der Waals surface area (Å²) in [6, 6.07) is 0. The molecule has 0 aromatic carbocycles. The van der Waals surface area contributed by atoms with E-state index in [1.165, 1.54) is 6.92 Å². The minimum Gasteiger partial charge on any atom is -0.390 e. The Morgan fingerprint density at radius 1 is 1.26 bits per heavy atom. The highest BCUT2D eigenvalue weighted by atomic mass is 19.4. The lowest BCUT2D eigenvalue weighted by Crippen LogP contribution is -2.70. The average Bonchev–Trinajstić information content (AvgIpc) is 3.24. The number of fused-ring (bicyclic) bond motifs is 1. The first kappa shape index (κ1) is 26.5. The van der Waals surface area contributed by atoms with Gasteiger partial charge in [0.25, 0.3) is 0 Å². The first-order chi connectivity index (χ1) is 15.8. The van der Waals surface area contributed by atoms with Gasteiger partial charge in [-0.1, -0.05) is 13.3 Å². The third-order valence-electron chi connectivity index (χ3n) is 8.74. The van der Waals surface area contributed by atoms with Gasteiger partial charge in [-0.05, 0) is 44.9 Å². The van der Waals surface area contributed by atoms with E-state index in [-0.39, 0.29) is 30.6 Å². The van der Waals surface area contributed by atoms with Gasteiger partial charge in [0.2, 0.25) is 0 Å². The number of nitrogens with one attached hydrogen (secondary N) is 2. The highest BCUT2D eigenvalue weighted by Crippen LogP contribution is 2.48. The zero-order chi connectivity index (χ0) is 25.1. The standard InChI is InChI=1S/C22H38F4N4O4/c1-3-6-21-7-8-30(19(21)29-10-28-18(21)27)17-15(32)20(2,33)16(34-17)14(31)11-4-5-13(23)12(9-11)22(24,25)26/h11-19,28-29,31-33H,3-10,27H2,1-2H3/t11?,12?,13?,14-,15+,16-,17-,18?,19?,20+,21?/m1/s1. The summed E-state index contributed by atoms with van der Waals surface area (Å²) in [4.78, 5) is 1.90. The van der Waals surface area contributed by atoms with E-state index in [0.29, 0.717) is 13.2 Å². The highest BCUT2D eigenvalue weighted by molar-refractivity contribution is 5.10. The van der Waals surface area contributed by atoms with E-state index in [1.54, 1.807) is 0 Å². The maximum absolute atomic E-state index is 14.0. The van der Waals surface area contributed by atoms with Gasteiger partial charge in [-0.15, -0.1) is 0 Å². The summed E-state index contributed by atoms with van der Waals surface area (Å²) in [6.45, 7) is 4.36. The molecule has 198 valence electrons. The molecule has 0 amide bonds. The SMILES string of the molecule is CCCC12CCN([C@@H]3O[C@H]([C@H](O)C4CCC(F)C(C(F)(F)F)C4)[C@@](C)(O)[C@H]3O)C1NCNC2N. The molecule has 8 nitrogen and oxygen atoms in total. The summed E-state index contributed by atoms with van der Waals surface area (Å²) in [7, 11) is 0. The van der Waals surface area contributed by atoms with E-state index >= 15 is 0 Å². The summed E-state index contributed by atoms with van der Waals surface area (Å²) < 4.78 is 59.9. The minimum absolute atomic E-state index is 0.0413. The normalized spacial score (nSPS) is 49.2. The van der Waals surface area contributed by atoms with Gasteiger partial charge in [0.05, 0.1) is 24.4 Å². The maximum atomic E-state index is 14.0.